The van der Waals surface area contributed by atoms with E-state index in [9.17, 15) is 14.4 Å². The second-order valence-corrected chi connectivity index (χ2v) is 4.08. The van der Waals surface area contributed by atoms with E-state index in [2.05, 4.69) is 10.1 Å². The van der Waals surface area contributed by atoms with Crippen LogP contribution in [0.25, 0.3) is 0 Å². The van der Waals surface area contributed by atoms with E-state index < -0.39 is 11.9 Å². The summed E-state index contributed by atoms with van der Waals surface area (Å²) in [5, 5.41) is 2.51. The fourth-order valence-electron chi connectivity index (χ4n) is 1.43. The minimum Gasteiger partial charge on any atom is -0.465 e. The van der Waals surface area contributed by atoms with Crippen LogP contribution in [-0.2, 0) is 25.7 Å². The van der Waals surface area contributed by atoms with Crippen molar-refractivity contribution < 1.29 is 23.9 Å². The molecule has 20 heavy (non-hydrogen) atoms. The molecule has 1 rings (SSSR count). The van der Waals surface area contributed by atoms with E-state index in [1.165, 1.54) is 14.0 Å². The van der Waals surface area contributed by atoms with Crippen LogP contribution in [0.3, 0.4) is 0 Å². The van der Waals surface area contributed by atoms with Crippen LogP contribution in [0.15, 0.2) is 24.3 Å². The zero-order valence-electron chi connectivity index (χ0n) is 11.5. The minimum atomic E-state index is -0.413. The lowest BCUT2D eigenvalue weighted by atomic mass is 10.1. The summed E-state index contributed by atoms with van der Waals surface area (Å²) >= 11 is 0. The summed E-state index contributed by atoms with van der Waals surface area (Å²) in [5.41, 5.74) is 1.21. The van der Waals surface area contributed by atoms with Crippen LogP contribution in [0, 0.1) is 0 Å². The average Bonchev–Trinajstić information content (AvgIpc) is 2.44. The van der Waals surface area contributed by atoms with Crippen molar-refractivity contribution in [3.8, 4) is 0 Å². The maximum absolute atomic E-state index is 11.4. The zero-order chi connectivity index (χ0) is 15.0. The first-order chi connectivity index (χ1) is 9.52. The Morgan fingerprint density at radius 1 is 1.15 bits per heavy atom. The standard InChI is InChI=1S/C14H17NO5/c1-10(16)15-8-7-13(17)20-9-11-3-5-12(6-4-11)14(18)19-2/h3-6H,7-9H2,1-2H3,(H,15,16). The maximum Gasteiger partial charge on any atom is 0.337 e. The lowest BCUT2D eigenvalue weighted by molar-refractivity contribution is -0.144. The molecule has 0 atom stereocenters. The van der Waals surface area contributed by atoms with Crippen LogP contribution in [0.1, 0.15) is 29.3 Å². The number of amides is 1. The molecule has 0 radical (unpaired) electrons. The Bertz CT molecular complexity index is 481. The fourth-order valence-corrected chi connectivity index (χ4v) is 1.43. The van der Waals surface area contributed by atoms with Gasteiger partial charge in [-0.25, -0.2) is 4.79 Å². The van der Waals surface area contributed by atoms with E-state index in [1.54, 1.807) is 24.3 Å². The van der Waals surface area contributed by atoms with E-state index in [0.717, 1.165) is 5.56 Å². The highest BCUT2D eigenvalue weighted by molar-refractivity contribution is 5.89. The second kappa shape index (κ2) is 7.93. The summed E-state index contributed by atoms with van der Waals surface area (Å²) in [6.07, 6.45) is 0.125. The van der Waals surface area contributed by atoms with Crippen LogP contribution in [0.4, 0.5) is 0 Å². The van der Waals surface area contributed by atoms with Gasteiger partial charge in [-0.1, -0.05) is 12.1 Å². The first kappa shape index (κ1) is 15.7. The summed E-state index contributed by atoms with van der Waals surface area (Å²) in [6, 6.07) is 6.58. The quantitative estimate of drug-likeness (QED) is 0.787. The van der Waals surface area contributed by atoms with Crippen molar-refractivity contribution in [3.63, 3.8) is 0 Å². The lowest BCUT2D eigenvalue weighted by Crippen LogP contribution is -2.23. The Morgan fingerprint density at radius 2 is 1.80 bits per heavy atom. The minimum absolute atomic E-state index is 0.125. The van der Waals surface area contributed by atoms with E-state index in [0.29, 0.717) is 5.56 Å². The molecule has 0 unspecified atom stereocenters. The van der Waals surface area contributed by atoms with Gasteiger partial charge in [-0.3, -0.25) is 9.59 Å². The van der Waals surface area contributed by atoms with Gasteiger partial charge in [0.05, 0.1) is 19.1 Å². The van der Waals surface area contributed by atoms with Crippen LogP contribution < -0.4 is 5.32 Å². The molecule has 0 spiro atoms. The number of hydrogen-bond acceptors (Lipinski definition) is 5. The van der Waals surface area contributed by atoms with Crippen LogP contribution >= 0.6 is 0 Å². The Hall–Kier alpha value is -2.37. The van der Waals surface area contributed by atoms with Crippen molar-refractivity contribution >= 4 is 17.8 Å². The number of rotatable bonds is 6. The van der Waals surface area contributed by atoms with E-state index in [1.807, 2.05) is 0 Å². The molecular weight excluding hydrogens is 262 g/mol. The van der Waals surface area contributed by atoms with Crippen molar-refractivity contribution in [3.05, 3.63) is 35.4 Å². The third-order valence-corrected chi connectivity index (χ3v) is 2.48. The molecule has 108 valence electrons. The van der Waals surface area contributed by atoms with Gasteiger partial charge in [-0.05, 0) is 17.7 Å². The Balaban J connectivity index is 2.36. The summed E-state index contributed by atoms with van der Waals surface area (Å²) in [5.74, 6) is -0.990. The first-order valence-electron chi connectivity index (χ1n) is 6.10. The normalized spacial score (nSPS) is 9.70. The fraction of sp³-hybridized carbons (Fsp3) is 0.357. The predicted octanol–water partition coefficient (Wildman–Crippen LogP) is 1.04. The van der Waals surface area contributed by atoms with Crippen molar-refractivity contribution in [2.75, 3.05) is 13.7 Å². The SMILES string of the molecule is COC(=O)c1ccc(COC(=O)CCNC(C)=O)cc1. The Kier molecular flexibility index (Phi) is 6.22. The van der Waals surface area contributed by atoms with Crippen LogP contribution in [-0.4, -0.2) is 31.5 Å². The molecule has 0 aliphatic rings. The topological polar surface area (TPSA) is 81.7 Å². The molecule has 1 amide bonds. The first-order valence-corrected chi connectivity index (χ1v) is 6.10. The van der Waals surface area contributed by atoms with Crippen molar-refractivity contribution in [1.29, 1.82) is 0 Å². The highest BCUT2D eigenvalue weighted by Crippen LogP contribution is 2.07. The van der Waals surface area contributed by atoms with E-state index in [-0.39, 0.29) is 25.5 Å². The molecule has 0 heterocycles. The van der Waals surface area contributed by atoms with Gasteiger partial charge in [0.25, 0.3) is 0 Å². The molecule has 0 aliphatic heterocycles. The zero-order valence-corrected chi connectivity index (χ0v) is 11.5. The maximum atomic E-state index is 11.4. The molecule has 0 saturated carbocycles. The van der Waals surface area contributed by atoms with E-state index >= 15 is 0 Å². The summed E-state index contributed by atoms with van der Waals surface area (Å²) < 4.78 is 9.61. The smallest absolute Gasteiger partial charge is 0.337 e. The molecule has 1 N–H and O–H groups in total. The second-order valence-electron chi connectivity index (χ2n) is 4.08. The van der Waals surface area contributed by atoms with Gasteiger partial charge in [-0.15, -0.1) is 0 Å². The highest BCUT2D eigenvalue weighted by Gasteiger charge is 2.06. The molecule has 1 aromatic carbocycles. The molecular formula is C14H17NO5. The average molecular weight is 279 g/mol. The third kappa shape index (κ3) is 5.51. The predicted molar refractivity (Wildman–Crippen MR) is 70.9 cm³/mol. The molecule has 0 aliphatic carbocycles. The number of nitrogens with one attached hydrogen (secondary N) is 1. The number of ether oxygens (including phenoxy) is 2. The monoisotopic (exact) mass is 279 g/mol. The Morgan fingerprint density at radius 3 is 2.35 bits per heavy atom. The summed E-state index contributed by atoms with van der Waals surface area (Å²) in [6.45, 7) is 1.77. The van der Waals surface area contributed by atoms with Gasteiger partial charge in [-0.2, -0.15) is 0 Å². The molecule has 0 saturated heterocycles. The molecule has 0 bridgehead atoms. The van der Waals surface area contributed by atoms with Crippen molar-refractivity contribution in [1.82, 2.24) is 5.32 Å². The Labute approximate surface area is 117 Å². The van der Waals surface area contributed by atoms with Crippen LogP contribution in [0.2, 0.25) is 0 Å². The van der Waals surface area contributed by atoms with Gasteiger partial charge in [0.2, 0.25) is 5.91 Å². The van der Waals surface area contributed by atoms with Gasteiger partial charge >= 0.3 is 11.9 Å². The van der Waals surface area contributed by atoms with Gasteiger partial charge in [0.15, 0.2) is 0 Å². The van der Waals surface area contributed by atoms with Gasteiger partial charge in [0.1, 0.15) is 6.61 Å². The molecule has 0 fully saturated rings. The van der Waals surface area contributed by atoms with Gasteiger partial charge in [0, 0.05) is 13.5 Å². The number of methoxy groups -OCH3 is 1. The summed E-state index contributed by atoms with van der Waals surface area (Å²) in [7, 11) is 1.31. The number of benzene rings is 1. The summed E-state index contributed by atoms with van der Waals surface area (Å²) in [4.78, 5) is 33.2. The third-order valence-electron chi connectivity index (χ3n) is 2.48. The number of carbonyl (C=O) groups excluding carboxylic acids is 3. The molecule has 6 nitrogen and oxygen atoms in total. The van der Waals surface area contributed by atoms with Crippen molar-refractivity contribution in [2.45, 2.75) is 20.0 Å². The van der Waals surface area contributed by atoms with E-state index in [4.69, 9.17) is 4.74 Å². The van der Waals surface area contributed by atoms with Crippen LogP contribution in [0.5, 0.6) is 0 Å². The number of hydrogen-bond donors (Lipinski definition) is 1. The molecule has 6 heteroatoms. The lowest BCUT2D eigenvalue weighted by Gasteiger charge is -2.06. The van der Waals surface area contributed by atoms with Crippen molar-refractivity contribution in [2.24, 2.45) is 0 Å². The van der Waals surface area contributed by atoms with Gasteiger partial charge < -0.3 is 14.8 Å². The largest absolute Gasteiger partial charge is 0.465 e. The number of esters is 2. The number of carbonyl (C=O) groups is 3. The molecule has 1 aromatic rings. The highest BCUT2D eigenvalue weighted by atomic mass is 16.5. The molecule has 0 aromatic heterocycles.